The van der Waals surface area contributed by atoms with Crippen LogP contribution in [0.2, 0.25) is 0 Å². The van der Waals surface area contributed by atoms with Gasteiger partial charge in [0.1, 0.15) is 0 Å². The number of allylic oxidation sites excluding steroid dienone is 1. The fourth-order valence-electron chi connectivity index (χ4n) is 2.19. The van der Waals surface area contributed by atoms with E-state index in [9.17, 15) is 14.7 Å². The van der Waals surface area contributed by atoms with Crippen molar-refractivity contribution in [3.8, 4) is 0 Å². The summed E-state index contributed by atoms with van der Waals surface area (Å²) in [4.78, 5) is 21.0. The minimum absolute atomic E-state index is 0.221. The van der Waals surface area contributed by atoms with Gasteiger partial charge in [-0.05, 0) is 72.4 Å². The molecule has 0 rings (SSSR count). The molecule has 1 atom stereocenters. The molecule has 9 heteroatoms. The van der Waals surface area contributed by atoms with Crippen molar-refractivity contribution in [3.63, 3.8) is 0 Å². The van der Waals surface area contributed by atoms with Crippen LogP contribution in [0.4, 0.5) is 4.79 Å². The van der Waals surface area contributed by atoms with Crippen molar-refractivity contribution in [2.45, 2.75) is 58.5 Å². The van der Waals surface area contributed by atoms with Crippen molar-refractivity contribution in [1.29, 1.82) is 0 Å². The van der Waals surface area contributed by atoms with E-state index >= 15 is 0 Å². The number of primary amides is 1. The van der Waals surface area contributed by atoms with Crippen molar-refractivity contribution < 1.29 is 19.4 Å². The molecule has 0 heterocycles. The molecule has 7 N–H and O–H groups in total. The normalized spacial score (nSPS) is 11.6. The van der Waals surface area contributed by atoms with Gasteiger partial charge in [0.05, 0.1) is 12.7 Å². The van der Waals surface area contributed by atoms with Crippen molar-refractivity contribution >= 4 is 12.0 Å². The first kappa shape index (κ1) is 30.5. The Morgan fingerprint density at radius 1 is 1.00 bits per heavy atom. The van der Waals surface area contributed by atoms with Gasteiger partial charge in [-0.25, -0.2) is 4.79 Å². The van der Waals surface area contributed by atoms with Gasteiger partial charge < -0.3 is 36.8 Å². The fourth-order valence-corrected chi connectivity index (χ4v) is 2.19. The lowest BCUT2D eigenvalue weighted by atomic mass is 10.2. The standard InChI is InChI=1S/C18H38N4O3.C3H7NO/c1-3-8-17(23)9-16-25-18(24)22-15-7-14-21-12-5-4-11-20-13-6-10-19-2;1-2-3(4)5/h3,8,17,19-21,23H,4-7,9-16H2,1-2H3,(H,22,24);2H2,1H3,(H2,4,5)/b8-3+;. The monoisotopic (exact) mass is 431 g/mol. The van der Waals surface area contributed by atoms with E-state index in [1.165, 1.54) is 12.8 Å². The highest BCUT2D eigenvalue weighted by Crippen LogP contribution is 1.94. The summed E-state index contributed by atoms with van der Waals surface area (Å²) in [5, 5.41) is 22.1. The second-order valence-electron chi connectivity index (χ2n) is 6.78. The number of amides is 2. The highest BCUT2D eigenvalue weighted by atomic mass is 16.5. The minimum atomic E-state index is -0.550. The first-order valence-electron chi connectivity index (χ1n) is 11.0. The number of nitrogens with one attached hydrogen (secondary N) is 4. The summed E-state index contributed by atoms with van der Waals surface area (Å²) < 4.78 is 4.99. The lowest BCUT2D eigenvalue weighted by molar-refractivity contribution is -0.117. The highest BCUT2D eigenvalue weighted by Gasteiger charge is 2.03. The molecule has 0 radical (unpaired) electrons. The summed E-state index contributed by atoms with van der Waals surface area (Å²) in [5.74, 6) is -0.245. The Bertz CT molecular complexity index is 422. The maximum Gasteiger partial charge on any atom is 0.407 e. The molecule has 0 spiro atoms. The van der Waals surface area contributed by atoms with Gasteiger partial charge in [0, 0.05) is 19.4 Å². The number of nitrogens with two attached hydrogens (primary N) is 1. The highest BCUT2D eigenvalue weighted by molar-refractivity contribution is 5.73. The Morgan fingerprint density at radius 3 is 2.03 bits per heavy atom. The number of ether oxygens (including phenoxy) is 1. The third-order valence-corrected chi connectivity index (χ3v) is 3.95. The molecule has 0 aromatic heterocycles. The van der Waals surface area contributed by atoms with E-state index < -0.39 is 12.2 Å². The summed E-state index contributed by atoms with van der Waals surface area (Å²) >= 11 is 0. The average Bonchev–Trinajstić information content (AvgIpc) is 2.72. The predicted molar refractivity (Wildman–Crippen MR) is 122 cm³/mol. The first-order valence-corrected chi connectivity index (χ1v) is 11.0. The Balaban J connectivity index is 0. The molecule has 0 bridgehead atoms. The van der Waals surface area contributed by atoms with Crippen LogP contribution in [-0.2, 0) is 9.53 Å². The SMILES string of the molecule is C/C=C/C(O)CCOC(=O)NCCCNCCCCNCCCNC.CCC(N)=O. The number of aliphatic hydroxyl groups is 1. The number of hydrogen-bond acceptors (Lipinski definition) is 7. The van der Waals surface area contributed by atoms with Gasteiger partial charge in [-0.3, -0.25) is 4.79 Å². The zero-order chi connectivity index (χ0) is 22.9. The van der Waals surface area contributed by atoms with Crippen LogP contribution in [0.15, 0.2) is 12.2 Å². The van der Waals surface area contributed by atoms with Gasteiger partial charge >= 0.3 is 6.09 Å². The Hall–Kier alpha value is -1.68. The second kappa shape index (κ2) is 25.4. The Labute approximate surface area is 182 Å². The van der Waals surface area contributed by atoms with E-state index in [0.29, 0.717) is 19.4 Å². The summed E-state index contributed by atoms with van der Waals surface area (Å²) in [7, 11) is 1.97. The number of rotatable bonds is 18. The number of alkyl carbamates (subject to hydrolysis) is 1. The van der Waals surface area contributed by atoms with Crippen LogP contribution in [0.1, 0.15) is 52.4 Å². The fraction of sp³-hybridized carbons (Fsp3) is 0.810. The molecule has 0 aromatic carbocycles. The summed E-state index contributed by atoms with van der Waals surface area (Å²) in [6.45, 7) is 9.48. The van der Waals surface area contributed by atoms with Crippen LogP contribution in [-0.4, -0.2) is 76.1 Å². The van der Waals surface area contributed by atoms with E-state index in [1.54, 1.807) is 19.1 Å². The van der Waals surface area contributed by atoms with E-state index in [4.69, 9.17) is 4.74 Å². The zero-order valence-corrected chi connectivity index (χ0v) is 19.2. The van der Waals surface area contributed by atoms with Crippen molar-refractivity contribution in [2.24, 2.45) is 5.73 Å². The minimum Gasteiger partial charge on any atom is -0.449 e. The lowest BCUT2D eigenvalue weighted by Crippen LogP contribution is -2.29. The van der Waals surface area contributed by atoms with Gasteiger partial charge in [0.2, 0.25) is 5.91 Å². The smallest absolute Gasteiger partial charge is 0.407 e. The van der Waals surface area contributed by atoms with E-state index in [-0.39, 0.29) is 12.5 Å². The number of aliphatic hydroxyl groups excluding tert-OH is 1. The number of carbonyl (C=O) groups excluding carboxylic acids is 2. The third kappa shape index (κ3) is 28.5. The molecule has 1 unspecified atom stereocenters. The van der Waals surface area contributed by atoms with Gasteiger partial charge in [-0.2, -0.15) is 0 Å². The summed E-state index contributed by atoms with van der Waals surface area (Å²) in [6.07, 6.45) is 7.72. The van der Waals surface area contributed by atoms with Crippen molar-refractivity contribution in [1.82, 2.24) is 21.3 Å². The molecule has 0 aliphatic heterocycles. The van der Waals surface area contributed by atoms with Crippen molar-refractivity contribution in [3.05, 3.63) is 12.2 Å². The predicted octanol–water partition coefficient (Wildman–Crippen LogP) is 0.880. The molecule has 0 aliphatic carbocycles. The van der Waals surface area contributed by atoms with Gasteiger partial charge in [-0.1, -0.05) is 19.1 Å². The largest absolute Gasteiger partial charge is 0.449 e. The van der Waals surface area contributed by atoms with Crippen LogP contribution in [0.3, 0.4) is 0 Å². The van der Waals surface area contributed by atoms with Crippen LogP contribution in [0.5, 0.6) is 0 Å². The molecule has 0 saturated heterocycles. The summed E-state index contributed by atoms with van der Waals surface area (Å²) in [6, 6.07) is 0. The molecule has 0 aliphatic rings. The van der Waals surface area contributed by atoms with E-state index in [0.717, 1.165) is 45.6 Å². The summed E-state index contributed by atoms with van der Waals surface area (Å²) in [5.41, 5.74) is 4.65. The van der Waals surface area contributed by atoms with Crippen LogP contribution in [0, 0.1) is 0 Å². The maximum atomic E-state index is 11.4. The topological polar surface area (TPSA) is 138 Å². The molecule has 0 saturated carbocycles. The quantitative estimate of drug-likeness (QED) is 0.140. The van der Waals surface area contributed by atoms with E-state index in [1.807, 2.05) is 14.0 Å². The van der Waals surface area contributed by atoms with Gasteiger partial charge in [-0.15, -0.1) is 0 Å². The van der Waals surface area contributed by atoms with Crippen LogP contribution < -0.4 is 27.0 Å². The third-order valence-electron chi connectivity index (χ3n) is 3.95. The molecule has 0 fully saturated rings. The van der Waals surface area contributed by atoms with Crippen LogP contribution >= 0.6 is 0 Å². The molecule has 178 valence electrons. The number of carbonyl (C=O) groups is 2. The zero-order valence-electron chi connectivity index (χ0n) is 19.2. The molecule has 30 heavy (non-hydrogen) atoms. The van der Waals surface area contributed by atoms with E-state index in [2.05, 4.69) is 27.0 Å². The first-order chi connectivity index (χ1) is 14.5. The molecular formula is C21H45N5O4. The number of hydrogen-bond donors (Lipinski definition) is 6. The van der Waals surface area contributed by atoms with Crippen LogP contribution in [0.25, 0.3) is 0 Å². The maximum absolute atomic E-state index is 11.4. The lowest BCUT2D eigenvalue weighted by Gasteiger charge is -2.09. The molecule has 0 aromatic rings. The van der Waals surface area contributed by atoms with Gasteiger partial charge in [0.15, 0.2) is 0 Å². The second-order valence-corrected chi connectivity index (χ2v) is 6.78. The average molecular weight is 432 g/mol. The molecular weight excluding hydrogens is 386 g/mol. The number of unbranched alkanes of at least 4 members (excludes halogenated alkanes) is 1. The van der Waals surface area contributed by atoms with Gasteiger partial charge in [0.25, 0.3) is 0 Å². The molecule has 9 nitrogen and oxygen atoms in total. The Morgan fingerprint density at radius 2 is 1.53 bits per heavy atom. The Kier molecular flexibility index (Phi) is 25.8. The molecule has 2 amide bonds. The van der Waals surface area contributed by atoms with Crippen molar-refractivity contribution in [2.75, 3.05) is 52.9 Å².